The minimum Gasteiger partial charge on any atom is -0.0696 e. The summed E-state index contributed by atoms with van der Waals surface area (Å²) in [6.07, 6.45) is 63.8. The molecule has 0 aromatic rings. The number of hydrogen-bond acceptors (Lipinski definition) is 0. The van der Waals surface area contributed by atoms with Gasteiger partial charge in [0.1, 0.15) is 0 Å². The summed E-state index contributed by atoms with van der Waals surface area (Å²) in [4.78, 5) is 0. The third-order valence-electron chi connectivity index (χ3n) is 11.3. The third kappa shape index (κ3) is 21.4. The van der Waals surface area contributed by atoms with Crippen LogP contribution < -0.4 is 0 Å². The van der Waals surface area contributed by atoms with Gasteiger partial charge in [-0.05, 0) is 130 Å². The van der Waals surface area contributed by atoms with E-state index in [9.17, 15) is 0 Å². The Bertz CT molecular complexity index is 2040. The second-order valence-electron chi connectivity index (χ2n) is 18.4. The van der Waals surface area contributed by atoms with E-state index < -0.39 is 0 Å². The molecule has 2 aliphatic carbocycles. The van der Waals surface area contributed by atoms with Gasteiger partial charge >= 0.3 is 0 Å². The van der Waals surface area contributed by atoms with Gasteiger partial charge in [-0.25, -0.2) is 0 Å². The van der Waals surface area contributed by atoms with Gasteiger partial charge in [0.15, 0.2) is 0 Å². The van der Waals surface area contributed by atoms with Crippen molar-refractivity contribution in [1.29, 1.82) is 0 Å². The van der Waals surface area contributed by atoms with Gasteiger partial charge in [0.05, 0.1) is 0 Å². The van der Waals surface area contributed by atoms with Gasteiger partial charge in [0.2, 0.25) is 0 Å². The van der Waals surface area contributed by atoms with Gasteiger partial charge < -0.3 is 0 Å². The molecular formula is C60H80. The second kappa shape index (κ2) is 27.0. The van der Waals surface area contributed by atoms with Crippen molar-refractivity contribution in [3.63, 3.8) is 0 Å². The normalized spacial score (nSPS) is 20.4. The number of allylic oxidation sites excluding steroid dienone is 38. The maximum Gasteiger partial charge on any atom is -0.0104 e. The van der Waals surface area contributed by atoms with Crippen molar-refractivity contribution in [1.82, 2.24) is 0 Å². The van der Waals surface area contributed by atoms with Crippen molar-refractivity contribution in [3.05, 3.63) is 225 Å². The van der Waals surface area contributed by atoms with E-state index in [0.717, 1.165) is 0 Å². The van der Waals surface area contributed by atoms with Crippen LogP contribution >= 0.6 is 0 Å². The van der Waals surface area contributed by atoms with Crippen molar-refractivity contribution in [2.45, 2.75) is 135 Å². The molecule has 60 heavy (non-hydrogen) atoms. The predicted molar refractivity (Wildman–Crippen MR) is 273 cm³/mol. The number of rotatable bonds is 18. The Labute approximate surface area is 369 Å². The molecule has 0 saturated carbocycles. The smallest absolute Gasteiger partial charge is 0.0104 e. The summed E-state index contributed by atoms with van der Waals surface area (Å²) < 4.78 is 0. The van der Waals surface area contributed by atoms with E-state index in [1.54, 1.807) is 11.1 Å². The van der Waals surface area contributed by atoms with Gasteiger partial charge in [-0.3, -0.25) is 0 Å². The molecule has 0 spiro atoms. The first-order valence-corrected chi connectivity index (χ1v) is 22.3. The fraction of sp³-hybridized carbons (Fsp3) is 0.367. The summed E-state index contributed by atoms with van der Waals surface area (Å²) in [5.41, 5.74) is 16.4. The summed E-state index contributed by atoms with van der Waals surface area (Å²) in [5.74, 6) is 0. The molecule has 0 atom stereocenters. The fourth-order valence-corrected chi connectivity index (χ4v) is 7.39. The molecule has 0 radical (unpaired) electrons. The highest BCUT2D eigenvalue weighted by Crippen LogP contribution is 2.41. The maximum atomic E-state index is 2.37. The molecule has 320 valence electrons. The molecule has 0 amide bonds. The average Bonchev–Trinajstić information content (AvgIpc) is 3.16. The van der Waals surface area contributed by atoms with Gasteiger partial charge in [-0.1, -0.05) is 241 Å². The molecule has 0 nitrogen and oxygen atoms in total. The van der Waals surface area contributed by atoms with Crippen molar-refractivity contribution >= 4 is 0 Å². The molecule has 0 unspecified atom stereocenters. The number of hydrogen-bond donors (Lipinski definition) is 0. The van der Waals surface area contributed by atoms with E-state index in [4.69, 9.17) is 0 Å². The average molecular weight is 801 g/mol. The Hall–Kier alpha value is -4.94. The summed E-state index contributed by atoms with van der Waals surface area (Å²) in [5, 5.41) is 0. The van der Waals surface area contributed by atoms with Crippen LogP contribution in [0.2, 0.25) is 0 Å². The van der Waals surface area contributed by atoms with Crippen LogP contribution in [-0.4, -0.2) is 0 Å². The monoisotopic (exact) mass is 801 g/mol. The highest BCUT2D eigenvalue weighted by atomic mass is 14.3. The lowest BCUT2D eigenvalue weighted by Crippen LogP contribution is -2.19. The van der Waals surface area contributed by atoms with Gasteiger partial charge in [-0.2, -0.15) is 0 Å². The Kier molecular flexibility index (Phi) is 23.1. The van der Waals surface area contributed by atoms with Crippen molar-refractivity contribution in [2.24, 2.45) is 10.8 Å². The summed E-state index contributed by atoms with van der Waals surface area (Å²) in [7, 11) is 0. The zero-order chi connectivity index (χ0) is 44.6. The topological polar surface area (TPSA) is 0 Å². The lowest BCUT2D eigenvalue weighted by molar-refractivity contribution is 0.376. The van der Waals surface area contributed by atoms with E-state index in [1.165, 1.54) is 94.3 Å². The molecule has 0 saturated heterocycles. The van der Waals surface area contributed by atoms with Gasteiger partial charge in [0, 0.05) is 0 Å². The first-order chi connectivity index (χ1) is 28.4. The third-order valence-corrected chi connectivity index (χ3v) is 11.3. The molecule has 0 aliphatic heterocycles. The predicted octanol–water partition coefficient (Wildman–Crippen LogP) is 18.6. The Balaban J connectivity index is 1.80. The first-order valence-electron chi connectivity index (χ1n) is 22.3. The van der Waals surface area contributed by atoms with Crippen LogP contribution in [0.15, 0.2) is 225 Å². The molecule has 0 bridgehead atoms. The summed E-state index contributed by atoms with van der Waals surface area (Å²) in [6.45, 7) is 31.2. The standard InChI is InChI=1S/C60H80/c1-47(29-19-30-49(3)27-17-18-28-52(6)39-40-54(8)42-44-58-56(10)38-24-46-60(58,13)14)25-15-16-26-48(2)31-20-32-50(4)33-21-34-51(5)35-22-36-53(7)41-43-57-55(9)37-23-45-59(57,11)12/h15-22,25-36,39-44H,23-24,37-38,45-46H2,1-14H3/b16-15+,27-17+,28-18+,29-19+,31-20+,33-21+,35-22+,43-41+,44-42+,47-25+,48-26+,49-30+,50-32+,51-34+,52-39+,53-36+,54-40+. The van der Waals surface area contributed by atoms with Crippen LogP contribution in [0.1, 0.15) is 135 Å². The van der Waals surface area contributed by atoms with Crippen LogP contribution in [0, 0.1) is 10.8 Å². The van der Waals surface area contributed by atoms with Gasteiger partial charge in [0.25, 0.3) is 0 Å². The van der Waals surface area contributed by atoms with Crippen LogP contribution in [0.3, 0.4) is 0 Å². The van der Waals surface area contributed by atoms with E-state index in [1.807, 2.05) is 0 Å². The van der Waals surface area contributed by atoms with Crippen molar-refractivity contribution in [3.8, 4) is 0 Å². The molecule has 0 aromatic carbocycles. The summed E-state index contributed by atoms with van der Waals surface area (Å²) >= 11 is 0. The maximum absolute atomic E-state index is 2.37. The van der Waals surface area contributed by atoms with Crippen LogP contribution in [0.4, 0.5) is 0 Å². The molecular weight excluding hydrogens is 721 g/mol. The quantitative estimate of drug-likeness (QED) is 0.121. The molecule has 2 rings (SSSR count). The largest absolute Gasteiger partial charge is 0.0696 e. The molecule has 0 heteroatoms. The Morgan fingerprint density at radius 1 is 0.333 bits per heavy atom. The molecule has 0 N–H and O–H groups in total. The van der Waals surface area contributed by atoms with E-state index in [0.29, 0.717) is 0 Å². The van der Waals surface area contributed by atoms with Gasteiger partial charge in [-0.15, -0.1) is 0 Å². The van der Waals surface area contributed by atoms with E-state index in [2.05, 4.69) is 255 Å². The van der Waals surface area contributed by atoms with Crippen LogP contribution in [0.25, 0.3) is 0 Å². The lowest BCUT2D eigenvalue weighted by Gasteiger charge is -2.33. The minimum absolute atomic E-state index is 0.277. The molecule has 0 heterocycles. The van der Waals surface area contributed by atoms with E-state index in [-0.39, 0.29) is 10.8 Å². The molecule has 0 fully saturated rings. The minimum atomic E-state index is 0.277. The first kappa shape index (κ1) is 51.2. The second-order valence-corrected chi connectivity index (χ2v) is 18.4. The van der Waals surface area contributed by atoms with E-state index >= 15 is 0 Å². The fourth-order valence-electron chi connectivity index (χ4n) is 7.39. The lowest BCUT2D eigenvalue weighted by atomic mass is 9.72. The Morgan fingerprint density at radius 3 is 0.900 bits per heavy atom. The molecule has 0 aromatic heterocycles. The zero-order valence-electron chi connectivity index (χ0n) is 40.3. The zero-order valence-corrected chi connectivity index (χ0v) is 40.3. The highest BCUT2D eigenvalue weighted by Gasteiger charge is 2.27. The van der Waals surface area contributed by atoms with Crippen LogP contribution in [-0.2, 0) is 0 Å². The van der Waals surface area contributed by atoms with Crippen molar-refractivity contribution < 1.29 is 0 Å². The van der Waals surface area contributed by atoms with Crippen LogP contribution in [0.5, 0.6) is 0 Å². The highest BCUT2D eigenvalue weighted by molar-refractivity contribution is 5.40. The SMILES string of the molecule is CC1=C(/C=C/C(C)=C/C=C/C(C)=C/C=C/C(C)=C/C=C/C(C)=C/C=C/C=C(C)/C=C/C=C(C)/C=C/C=C/C(C)=C/C=C(C)/C=C/C2=C(C)CCCC2(C)C)C(C)(C)CCC1. The summed E-state index contributed by atoms with van der Waals surface area (Å²) in [6, 6.07) is 0. The molecule has 2 aliphatic rings. The Morgan fingerprint density at radius 2 is 0.583 bits per heavy atom. The van der Waals surface area contributed by atoms with Crippen molar-refractivity contribution in [2.75, 3.05) is 0 Å².